The van der Waals surface area contributed by atoms with Gasteiger partial charge in [-0.05, 0) is 6.07 Å². The molecule has 78 valence electrons. The predicted molar refractivity (Wildman–Crippen MR) is 45.6 cm³/mol. The summed E-state index contributed by atoms with van der Waals surface area (Å²) in [6.07, 6.45) is 0. The largest absolute Gasteiger partial charge is 0.432 e. The van der Waals surface area contributed by atoms with Crippen LogP contribution in [0, 0.1) is 11.6 Å². The van der Waals surface area contributed by atoms with E-state index in [1.165, 1.54) is 6.07 Å². The summed E-state index contributed by atoms with van der Waals surface area (Å²) in [5, 5.41) is 0.102. The van der Waals surface area contributed by atoms with Gasteiger partial charge in [-0.25, -0.2) is 4.39 Å². The number of halogens is 5. The van der Waals surface area contributed by atoms with Gasteiger partial charge in [-0.3, -0.25) is 0 Å². The van der Waals surface area contributed by atoms with Crippen LogP contribution in [-0.4, -0.2) is 6.61 Å². The average Bonchev–Trinajstić information content (AvgIpc) is 2.13. The van der Waals surface area contributed by atoms with Gasteiger partial charge in [0.2, 0.25) is 5.82 Å². The zero-order chi connectivity index (χ0) is 10.7. The molecule has 0 spiro atoms. The Bertz CT molecular complexity index is 329. The quantitative estimate of drug-likeness (QED) is 0.605. The first kappa shape index (κ1) is 11.3. The van der Waals surface area contributed by atoms with Crippen LogP contribution in [0.15, 0.2) is 12.1 Å². The molecule has 0 saturated carbocycles. The molecule has 0 heterocycles. The van der Waals surface area contributed by atoms with Crippen molar-refractivity contribution >= 4 is 15.9 Å². The zero-order valence-electron chi connectivity index (χ0n) is 6.74. The molecule has 1 nitrogen and oxygen atoms in total. The molecule has 0 bridgehead atoms. The summed E-state index contributed by atoms with van der Waals surface area (Å²) in [5.74, 6) is -3.37. The van der Waals surface area contributed by atoms with Gasteiger partial charge in [0.05, 0.1) is 0 Å². The average molecular weight is 273 g/mol. The molecule has 6 heteroatoms. The standard InChI is InChI=1S/C8H5BrF4O/c9-3-4-1-2-5(14-8(12)13)7(11)6(4)10/h1-2,8H,3H2. The van der Waals surface area contributed by atoms with E-state index in [4.69, 9.17) is 0 Å². The number of hydrogen-bond acceptors (Lipinski definition) is 1. The van der Waals surface area contributed by atoms with Crippen LogP contribution in [0.1, 0.15) is 5.56 Å². The van der Waals surface area contributed by atoms with Crippen molar-refractivity contribution in [1.82, 2.24) is 0 Å². The van der Waals surface area contributed by atoms with Crippen molar-refractivity contribution in [2.45, 2.75) is 11.9 Å². The van der Waals surface area contributed by atoms with Crippen LogP contribution in [-0.2, 0) is 5.33 Å². The molecule has 0 N–H and O–H groups in total. The molecule has 0 aliphatic carbocycles. The van der Waals surface area contributed by atoms with Crippen molar-refractivity contribution in [3.63, 3.8) is 0 Å². The Balaban J connectivity index is 3.04. The van der Waals surface area contributed by atoms with Gasteiger partial charge in [-0.1, -0.05) is 22.0 Å². The van der Waals surface area contributed by atoms with Crippen LogP contribution < -0.4 is 4.74 Å². The molecule has 0 radical (unpaired) electrons. The van der Waals surface area contributed by atoms with E-state index in [1.807, 2.05) is 0 Å². The van der Waals surface area contributed by atoms with Gasteiger partial charge >= 0.3 is 6.61 Å². The summed E-state index contributed by atoms with van der Waals surface area (Å²) in [6.45, 7) is -3.17. The van der Waals surface area contributed by atoms with Crippen molar-refractivity contribution in [2.75, 3.05) is 0 Å². The number of benzene rings is 1. The minimum Gasteiger partial charge on any atom is -0.432 e. The Morgan fingerprint density at radius 1 is 1.21 bits per heavy atom. The Kier molecular flexibility index (Phi) is 3.74. The number of hydrogen-bond donors (Lipinski definition) is 0. The number of alkyl halides is 3. The lowest BCUT2D eigenvalue weighted by Crippen LogP contribution is -2.05. The topological polar surface area (TPSA) is 9.23 Å². The van der Waals surface area contributed by atoms with E-state index in [9.17, 15) is 17.6 Å². The second kappa shape index (κ2) is 4.63. The second-order valence-corrected chi connectivity index (χ2v) is 2.92. The predicted octanol–water partition coefficient (Wildman–Crippen LogP) is 3.46. The molecule has 0 unspecified atom stereocenters. The molecule has 0 saturated heterocycles. The molecule has 1 rings (SSSR count). The van der Waals surface area contributed by atoms with Crippen LogP contribution in [0.4, 0.5) is 17.6 Å². The second-order valence-electron chi connectivity index (χ2n) is 2.36. The van der Waals surface area contributed by atoms with E-state index in [0.29, 0.717) is 0 Å². The Morgan fingerprint density at radius 2 is 1.86 bits per heavy atom. The summed E-state index contributed by atoms with van der Waals surface area (Å²) in [6, 6.07) is 2.13. The van der Waals surface area contributed by atoms with Crippen molar-refractivity contribution in [2.24, 2.45) is 0 Å². The van der Waals surface area contributed by atoms with E-state index in [2.05, 4.69) is 20.7 Å². The molecule has 0 amide bonds. The summed E-state index contributed by atoms with van der Waals surface area (Å²) in [4.78, 5) is 0. The molecule has 14 heavy (non-hydrogen) atoms. The van der Waals surface area contributed by atoms with Crippen molar-refractivity contribution in [3.8, 4) is 5.75 Å². The Labute approximate surface area is 85.8 Å². The molecular weight excluding hydrogens is 268 g/mol. The molecule has 0 aliphatic rings. The van der Waals surface area contributed by atoms with Crippen LogP contribution in [0.3, 0.4) is 0 Å². The van der Waals surface area contributed by atoms with E-state index < -0.39 is 24.0 Å². The highest BCUT2D eigenvalue weighted by Crippen LogP contribution is 2.25. The van der Waals surface area contributed by atoms with E-state index in [1.54, 1.807) is 0 Å². The first-order chi connectivity index (χ1) is 6.56. The third-order valence-electron chi connectivity index (χ3n) is 1.49. The Morgan fingerprint density at radius 3 is 2.36 bits per heavy atom. The molecule has 0 aliphatic heterocycles. The normalized spacial score (nSPS) is 10.7. The van der Waals surface area contributed by atoms with E-state index in [0.717, 1.165) is 6.07 Å². The van der Waals surface area contributed by atoms with Crippen molar-refractivity contribution < 1.29 is 22.3 Å². The van der Waals surface area contributed by atoms with Crippen molar-refractivity contribution in [1.29, 1.82) is 0 Å². The van der Waals surface area contributed by atoms with Crippen molar-refractivity contribution in [3.05, 3.63) is 29.3 Å². The van der Waals surface area contributed by atoms with Gasteiger partial charge < -0.3 is 4.74 Å². The monoisotopic (exact) mass is 272 g/mol. The SMILES string of the molecule is Fc1c(CBr)ccc(OC(F)F)c1F. The number of rotatable bonds is 3. The van der Waals surface area contributed by atoms with Crippen LogP contribution >= 0.6 is 15.9 Å². The van der Waals surface area contributed by atoms with E-state index >= 15 is 0 Å². The zero-order valence-corrected chi connectivity index (χ0v) is 8.32. The third-order valence-corrected chi connectivity index (χ3v) is 2.09. The highest BCUT2D eigenvalue weighted by atomic mass is 79.9. The van der Waals surface area contributed by atoms with Gasteiger partial charge in [0.15, 0.2) is 11.6 Å². The maximum absolute atomic E-state index is 13.0. The molecule has 1 aromatic rings. The van der Waals surface area contributed by atoms with Crippen LogP contribution in [0.25, 0.3) is 0 Å². The molecule has 0 aromatic heterocycles. The van der Waals surface area contributed by atoms with E-state index in [-0.39, 0.29) is 10.9 Å². The van der Waals surface area contributed by atoms with Gasteiger partial charge in [-0.2, -0.15) is 13.2 Å². The van der Waals surface area contributed by atoms with Gasteiger partial charge in [0, 0.05) is 10.9 Å². The summed E-state index contributed by atoms with van der Waals surface area (Å²) in [5.41, 5.74) is 0.0455. The number of ether oxygens (including phenoxy) is 1. The highest BCUT2D eigenvalue weighted by molar-refractivity contribution is 9.08. The van der Waals surface area contributed by atoms with Gasteiger partial charge in [0.25, 0.3) is 0 Å². The van der Waals surface area contributed by atoms with Gasteiger partial charge in [-0.15, -0.1) is 0 Å². The van der Waals surface area contributed by atoms with Crippen LogP contribution in [0.2, 0.25) is 0 Å². The third kappa shape index (κ3) is 2.37. The molecule has 0 atom stereocenters. The maximum Gasteiger partial charge on any atom is 0.387 e. The first-order valence-corrected chi connectivity index (χ1v) is 4.66. The minimum atomic E-state index is -3.17. The fourth-order valence-corrected chi connectivity index (χ4v) is 1.30. The summed E-state index contributed by atoms with van der Waals surface area (Å²) >= 11 is 2.92. The smallest absolute Gasteiger partial charge is 0.387 e. The fraction of sp³-hybridized carbons (Fsp3) is 0.250. The first-order valence-electron chi connectivity index (χ1n) is 3.54. The van der Waals surface area contributed by atoms with Gasteiger partial charge in [0.1, 0.15) is 0 Å². The summed E-state index contributed by atoms with van der Waals surface area (Å²) < 4.78 is 53.1. The lowest BCUT2D eigenvalue weighted by atomic mass is 10.2. The highest BCUT2D eigenvalue weighted by Gasteiger charge is 2.16. The molecule has 0 fully saturated rings. The molecular formula is C8H5BrF4O. The minimum absolute atomic E-state index is 0.0455. The lowest BCUT2D eigenvalue weighted by molar-refractivity contribution is -0.0525. The lowest BCUT2D eigenvalue weighted by Gasteiger charge is -2.07. The van der Waals surface area contributed by atoms with Crippen LogP contribution in [0.5, 0.6) is 5.75 Å². The maximum atomic E-state index is 13.0. The fourth-order valence-electron chi connectivity index (χ4n) is 0.862. The Hall–Kier alpha value is -0.780. The molecule has 1 aromatic carbocycles. The summed E-state index contributed by atoms with van der Waals surface area (Å²) in [7, 11) is 0.